The van der Waals surface area contributed by atoms with Crippen LogP contribution in [0.3, 0.4) is 0 Å². The van der Waals surface area contributed by atoms with Crippen molar-refractivity contribution in [1.82, 2.24) is 15.5 Å². The molecule has 2 amide bonds. The molecule has 3 aliphatic carbocycles. The maximum Gasteiger partial charge on any atom is 0.254 e. The van der Waals surface area contributed by atoms with E-state index in [9.17, 15) is 18.0 Å². The number of sulfone groups is 1. The summed E-state index contributed by atoms with van der Waals surface area (Å²) in [5.41, 5.74) is 5.52. The van der Waals surface area contributed by atoms with Crippen molar-refractivity contribution in [3.63, 3.8) is 0 Å². The predicted octanol–water partition coefficient (Wildman–Crippen LogP) is 3.73. The smallest absolute Gasteiger partial charge is 0.254 e. The molecule has 4 aliphatic rings. The van der Waals surface area contributed by atoms with Gasteiger partial charge in [0.25, 0.3) is 5.91 Å². The second-order valence-corrected chi connectivity index (χ2v) is 14.6. The van der Waals surface area contributed by atoms with Gasteiger partial charge in [-0.05, 0) is 89.1 Å². The molecule has 0 radical (unpaired) electrons. The number of rotatable bonds is 7. The van der Waals surface area contributed by atoms with Crippen LogP contribution in [0.25, 0.3) is 0 Å². The lowest BCUT2D eigenvalue weighted by Crippen LogP contribution is -2.58. The Kier molecular flexibility index (Phi) is 7.52. The molecule has 3 aromatic rings. The molecule has 0 unspecified atom stereocenters. The summed E-state index contributed by atoms with van der Waals surface area (Å²) < 4.78 is 53.2. The average Bonchev–Trinajstić information content (AvgIpc) is 3.41. The van der Waals surface area contributed by atoms with Gasteiger partial charge in [0.05, 0.1) is 40.6 Å². The molecule has 11 nitrogen and oxygen atoms in total. The zero-order valence-corrected chi connectivity index (χ0v) is 25.7. The highest BCUT2D eigenvalue weighted by molar-refractivity contribution is 7.91. The number of carbonyl (C=O) groups is 2. The third-order valence-electron chi connectivity index (χ3n) is 9.14. The molecule has 0 saturated heterocycles. The highest BCUT2D eigenvalue weighted by atomic mass is 32.2. The van der Waals surface area contributed by atoms with Crippen molar-refractivity contribution in [1.29, 1.82) is 0 Å². The van der Waals surface area contributed by atoms with Crippen molar-refractivity contribution < 1.29 is 31.7 Å². The summed E-state index contributed by atoms with van der Waals surface area (Å²) >= 11 is 0. The number of carbonyl (C=O) groups excluding carboxylic acids is 2. The Hall–Kier alpha value is -3.84. The number of anilines is 1. The molecule has 2 aromatic carbocycles. The monoisotopic (exact) mass is 625 g/mol. The van der Waals surface area contributed by atoms with Crippen LogP contribution in [-0.2, 0) is 26.6 Å². The van der Waals surface area contributed by atoms with Gasteiger partial charge >= 0.3 is 0 Å². The quantitative estimate of drug-likeness (QED) is 0.399. The fourth-order valence-electron chi connectivity index (χ4n) is 6.70. The second-order valence-electron chi connectivity index (χ2n) is 12.6. The first-order valence-electron chi connectivity index (χ1n) is 14.8. The van der Waals surface area contributed by atoms with Gasteiger partial charge in [-0.1, -0.05) is 17.3 Å². The average molecular weight is 626 g/mol. The number of nitrogens with zero attached hydrogens (tertiary/aromatic N) is 3. The molecule has 44 heavy (non-hydrogen) atoms. The minimum Gasteiger partial charge on any atom is -0.491 e. The van der Waals surface area contributed by atoms with Gasteiger partial charge in [0.2, 0.25) is 11.8 Å². The Labute approximate surface area is 255 Å². The van der Waals surface area contributed by atoms with Crippen molar-refractivity contribution in [3.05, 3.63) is 65.1 Å². The molecular weight excluding hydrogens is 589 g/mol. The number of hydrogen-bond donors (Lipinski definition) is 2. The van der Waals surface area contributed by atoms with E-state index in [0.29, 0.717) is 42.3 Å². The Bertz CT molecular complexity index is 1700. The van der Waals surface area contributed by atoms with Gasteiger partial charge in [0.1, 0.15) is 11.6 Å². The summed E-state index contributed by atoms with van der Waals surface area (Å²) in [5, 5.41) is 7.01. The number of benzene rings is 2. The van der Waals surface area contributed by atoms with E-state index in [-0.39, 0.29) is 34.2 Å². The second kappa shape index (κ2) is 11.0. The molecule has 2 heterocycles. The third-order valence-corrected chi connectivity index (χ3v) is 10.9. The van der Waals surface area contributed by atoms with Crippen molar-refractivity contribution >= 4 is 27.3 Å². The number of hydrogen-bond acceptors (Lipinski definition) is 9. The highest BCUT2D eigenvalue weighted by Crippen LogP contribution is 2.53. The molecule has 3 fully saturated rings. The van der Waals surface area contributed by atoms with Crippen LogP contribution in [-0.4, -0.2) is 53.8 Å². The van der Waals surface area contributed by atoms with E-state index in [1.807, 2.05) is 13.8 Å². The van der Waals surface area contributed by atoms with Crippen LogP contribution in [0.15, 0.2) is 45.8 Å². The number of fused-ring (bicyclic) bond motifs is 4. The lowest BCUT2D eigenvalue weighted by molar-refractivity contribution is -0.119. The van der Waals surface area contributed by atoms with Gasteiger partial charge in [-0.25, -0.2) is 12.8 Å². The van der Waals surface area contributed by atoms with Crippen molar-refractivity contribution in [2.24, 2.45) is 5.73 Å². The standard InChI is InChI=1S/C31H36FN5O6S/c1-18(2)42-21-6-4-20(5-7-21)16-37-25-14-22(23(32)15-26(25)44(40,41)17-24(33)28(37)39)27(38)35-31-11-8-30(9-12-31,10-13-31)29-34-19(3)36-43-29/h4-7,14-15,18,24H,8-13,16-17,33H2,1-3H3,(H,35,38)/t24-,30?,31?/m0/s1. The molecule has 2 bridgehead atoms. The number of ether oxygens (including phenoxy) is 1. The fraction of sp³-hybridized carbons (Fsp3) is 0.484. The van der Waals surface area contributed by atoms with E-state index in [0.717, 1.165) is 31.4 Å². The number of amides is 2. The van der Waals surface area contributed by atoms with Crippen molar-refractivity contribution in [3.8, 4) is 5.75 Å². The third kappa shape index (κ3) is 5.47. The van der Waals surface area contributed by atoms with Gasteiger partial charge in [0.15, 0.2) is 15.7 Å². The summed E-state index contributed by atoms with van der Waals surface area (Å²) in [4.78, 5) is 32.4. The predicted molar refractivity (Wildman–Crippen MR) is 158 cm³/mol. The molecule has 13 heteroatoms. The van der Waals surface area contributed by atoms with Gasteiger partial charge in [-0.3, -0.25) is 9.59 Å². The van der Waals surface area contributed by atoms with Gasteiger partial charge < -0.3 is 25.2 Å². The summed E-state index contributed by atoms with van der Waals surface area (Å²) in [6.45, 7) is 5.55. The SMILES string of the molecule is Cc1noc(C23CCC(NC(=O)c4cc5c(cc4F)S(=O)(=O)C[C@H](N)C(=O)N5Cc4ccc(OC(C)C)cc4)(CC2)CC3)n1. The minimum absolute atomic E-state index is 0.0264. The molecule has 234 valence electrons. The van der Waals surface area contributed by atoms with Crippen molar-refractivity contribution in [2.75, 3.05) is 10.7 Å². The van der Waals surface area contributed by atoms with E-state index in [1.165, 1.54) is 4.90 Å². The van der Waals surface area contributed by atoms with E-state index in [4.69, 9.17) is 15.0 Å². The van der Waals surface area contributed by atoms with Gasteiger partial charge in [0, 0.05) is 11.0 Å². The lowest BCUT2D eigenvalue weighted by atomic mass is 9.57. The summed E-state index contributed by atoms with van der Waals surface area (Å²) in [6.07, 6.45) is 4.13. The Morgan fingerprint density at radius 1 is 1.16 bits per heavy atom. The number of nitrogens with one attached hydrogen (secondary N) is 1. The van der Waals surface area contributed by atoms with Crippen LogP contribution in [0.1, 0.15) is 80.0 Å². The van der Waals surface area contributed by atoms with Crippen LogP contribution in [0.2, 0.25) is 0 Å². The Morgan fingerprint density at radius 2 is 1.82 bits per heavy atom. The topological polar surface area (TPSA) is 158 Å². The highest BCUT2D eigenvalue weighted by Gasteiger charge is 2.53. The Balaban J connectivity index is 1.29. The molecule has 3 saturated carbocycles. The maximum absolute atomic E-state index is 15.6. The van der Waals surface area contributed by atoms with E-state index in [1.54, 1.807) is 31.2 Å². The zero-order chi connectivity index (χ0) is 31.4. The zero-order valence-electron chi connectivity index (χ0n) is 24.9. The first-order chi connectivity index (χ1) is 20.8. The largest absolute Gasteiger partial charge is 0.491 e. The molecule has 7 rings (SSSR count). The van der Waals surface area contributed by atoms with Crippen LogP contribution >= 0.6 is 0 Å². The maximum atomic E-state index is 15.6. The first kappa shape index (κ1) is 30.2. The number of halogens is 1. The number of nitrogens with two attached hydrogens (primary N) is 1. The van der Waals surface area contributed by atoms with Crippen molar-refractivity contribution in [2.45, 2.75) is 93.8 Å². The van der Waals surface area contributed by atoms with Crippen LogP contribution in [0.5, 0.6) is 5.75 Å². The summed E-state index contributed by atoms with van der Waals surface area (Å²) in [6, 6.07) is 7.66. The van der Waals surface area contributed by atoms with Gasteiger partial charge in [-0.2, -0.15) is 4.98 Å². The Morgan fingerprint density at radius 3 is 2.41 bits per heavy atom. The number of aromatic nitrogens is 2. The molecule has 3 N–H and O–H groups in total. The van der Waals surface area contributed by atoms with E-state index < -0.39 is 44.8 Å². The van der Waals surface area contributed by atoms with Crippen LogP contribution in [0.4, 0.5) is 10.1 Å². The normalized spacial score (nSPS) is 25.9. The number of aryl methyl sites for hydroxylation is 1. The molecule has 0 spiro atoms. The lowest BCUT2D eigenvalue weighted by Gasteiger charge is -2.52. The molecule has 1 aliphatic heterocycles. The van der Waals surface area contributed by atoms with Crippen LogP contribution in [0, 0.1) is 12.7 Å². The van der Waals surface area contributed by atoms with Crippen LogP contribution < -0.4 is 20.7 Å². The van der Waals surface area contributed by atoms with E-state index >= 15 is 4.39 Å². The molecule has 1 aromatic heterocycles. The van der Waals surface area contributed by atoms with Gasteiger partial charge in [-0.15, -0.1) is 0 Å². The minimum atomic E-state index is -4.14. The first-order valence-corrected chi connectivity index (χ1v) is 16.5. The molecular formula is C31H36FN5O6S. The molecule has 1 atom stereocenters. The summed E-state index contributed by atoms with van der Waals surface area (Å²) in [5.74, 6) is -1.12. The fourth-order valence-corrected chi connectivity index (χ4v) is 8.27. The summed E-state index contributed by atoms with van der Waals surface area (Å²) in [7, 11) is -4.14. The van der Waals surface area contributed by atoms with E-state index in [2.05, 4.69) is 15.5 Å².